The Balaban J connectivity index is 1.46. The third kappa shape index (κ3) is 34.4. The summed E-state index contributed by atoms with van der Waals surface area (Å²) < 4.78 is 34.8. The summed E-state index contributed by atoms with van der Waals surface area (Å²) in [7, 11) is 0. The number of rotatable bonds is 59. The lowest BCUT2D eigenvalue weighted by Gasteiger charge is -2.50. The molecule has 18 atom stereocenters. The van der Waals surface area contributed by atoms with Gasteiger partial charge >= 0.3 is 5.97 Å². The zero-order chi connectivity index (χ0) is 70.4. The molecule has 18 unspecified atom stereocenters. The van der Waals surface area contributed by atoms with E-state index in [2.05, 4.69) is 24.5 Å². The van der Waals surface area contributed by atoms with Crippen LogP contribution in [0, 0.1) is 0 Å². The number of aliphatic hydroxyl groups is 11. The molecule has 3 aliphatic rings. The lowest BCUT2D eigenvalue weighted by Crippen LogP contribution is -2.70. The molecule has 23 heteroatoms. The molecule has 0 saturated carbocycles. The van der Waals surface area contributed by atoms with Gasteiger partial charge in [-0.2, -0.15) is 0 Å². The Bertz CT molecular complexity index is 1980. The summed E-state index contributed by atoms with van der Waals surface area (Å²) in [5, 5.41) is 136. The van der Waals surface area contributed by atoms with Gasteiger partial charge in [0.2, 0.25) is 11.8 Å². The molecule has 3 saturated heterocycles. The number of hydrogen-bond acceptors (Lipinski definition) is 20. The Morgan fingerprint density at radius 3 is 1.39 bits per heavy atom. The van der Waals surface area contributed by atoms with Crippen LogP contribution in [0.1, 0.15) is 297 Å². The zero-order valence-corrected chi connectivity index (χ0v) is 59.2. The molecular formula is C73H136N2O21. The number of carboxylic acid groups (broad SMARTS) is 1. The topological polar surface area (TPSA) is 373 Å². The molecule has 0 aromatic carbocycles. The second kappa shape index (κ2) is 53.3. The van der Waals surface area contributed by atoms with Crippen LogP contribution in [0.3, 0.4) is 0 Å². The number of nitrogens with one attached hydrogen (secondary N) is 2. The molecule has 0 bridgehead atoms. The van der Waals surface area contributed by atoms with Crippen molar-refractivity contribution in [3.63, 3.8) is 0 Å². The lowest BCUT2D eigenvalue weighted by atomic mass is 9.88. The average molecular weight is 1380 g/mol. The summed E-state index contributed by atoms with van der Waals surface area (Å²) >= 11 is 0. The highest BCUT2D eigenvalue weighted by atomic mass is 16.8. The zero-order valence-electron chi connectivity index (χ0n) is 59.2. The van der Waals surface area contributed by atoms with Gasteiger partial charge in [-0.3, -0.25) is 9.59 Å². The van der Waals surface area contributed by atoms with Gasteiger partial charge in [0.25, 0.3) is 5.79 Å². The number of ether oxygens (including phenoxy) is 6. The Morgan fingerprint density at radius 2 is 0.969 bits per heavy atom. The Morgan fingerprint density at radius 1 is 0.542 bits per heavy atom. The van der Waals surface area contributed by atoms with Crippen molar-refractivity contribution >= 4 is 17.8 Å². The molecule has 3 heterocycles. The number of carbonyl (C=O) groups excluding carboxylic acids is 2. The predicted molar refractivity (Wildman–Crippen MR) is 366 cm³/mol. The van der Waals surface area contributed by atoms with Gasteiger partial charge in [-0.05, 0) is 19.3 Å². The summed E-state index contributed by atoms with van der Waals surface area (Å²) in [5.41, 5.74) is 0. The fourth-order valence-electron chi connectivity index (χ4n) is 13.4. The van der Waals surface area contributed by atoms with Crippen LogP contribution in [-0.2, 0) is 42.8 Å². The van der Waals surface area contributed by atoms with Gasteiger partial charge in [-0.15, -0.1) is 0 Å². The molecule has 23 nitrogen and oxygen atoms in total. The van der Waals surface area contributed by atoms with Crippen LogP contribution in [0.2, 0.25) is 0 Å². The van der Waals surface area contributed by atoms with Gasteiger partial charge in [0.05, 0.1) is 50.7 Å². The molecule has 0 radical (unpaired) electrons. The third-order valence-corrected chi connectivity index (χ3v) is 19.5. The van der Waals surface area contributed by atoms with Gasteiger partial charge in [-0.1, -0.05) is 270 Å². The fraction of sp³-hybridized carbons (Fsp3) is 0.932. The smallest absolute Gasteiger partial charge is 0.364 e. The van der Waals surface area contributed by atoms with Crippen molar-refractivity contribution in [2.75, 3.05) is 26.4 Å². The van der Waals surface area contributed by atoms with E-state index < -0.39 is 155 Å². The number of aliphatic hydroxyl groups excluding tert-OH is 11. The third-order valence-electron chi connectivity index (χ3n) is 19.5. The molecule has 0 aromatic heterocycles. The number of carboxylic acids is 1. The van der Waals surface area contributed by atoms with Crippen molar-refractivity contribution in [2.45, 2.75) is 407 Å². The minimum atomic E-state index is -3.08. The van der Waals surface area contributed by atoms with E-state index in [9.17, 15) is 75.7 Å². The van der Waals surface area contributed by atoms with Crippen LogP contribution in [0.25, 0.3) is 0 Å². The first-order valence-electron chi connectivity index (χ1n) is 38.1. The van der Waals surface area contributed by atoms with Crippen molar-refractivity contribution in [3.8, 4) is 0 Å². The summed E-state index contributed by atoms with van der Waals surface area (Å²) in [6.07, 6.45) is 25.8. The maximum atomic E-state index is 13.5. The van der Waals surface area contributed by atoms with Gasteiger partial charge in [0.15, 0.2) is 12.6 Å². The van der Waals surface area contributed by atoms with E-state index in [1.54, 1.807) is 6.08 Å². The van der Waals surface area contributed by atoms with Gasteiger partial charge in [0.1, 0.15) is 67.1 Å². The molecule has 0 aliphatic carbocycles. The number of allylic oxidation sites excluding steroid dienone is 1. The van der Waals surface area contributed by atoms with E-state index in [4.69, 9.17) is 28.4 Å². The average Bonchev–Trinajstić information content (AvgIpc) is 0.758. The Labute approximate surface area is 575 Å². The number of aliphatic carboxylic acids is 1. The van der Waals surface area contributed by atoms with Crippen LogP contribution >= 0.6 is 0 Å². The minimum absolute atomic E-state index is 0.205. The molecule has 14 N–H and O–H groups in total. The molecule has 0 spiro atoms. The molecular weight excluding hydrogens is 1240 g/mol. The van der Waals surface area contributed by atoms with Crippen molar-refractivity contribution in [2.24, 2.45) is 0 Å². The predicted octanol–water partition coefficient (Wildman–Crippen LogP) is 8.63. The van der Waals surface area contributed by atoms with Crippen LogP contribution in [0.15, 0.2) is 12.2 Å². The second-order valence-electron chi connectivity index (χ2n) is 27.9. The van der Waals surface area contributed by atoms with E-state index >= 15 is 0 Å². The molecule has 96 heavy (non-hydrogen) atoms. The van der Waals surface area contributed by atoms with Gasteiger partial charge < -0.3 is 100 Å². The van der Waals surface area contributed by atoms with E-state index in [0.29, 0.717) is 12.8 Å². The largest absolute Gasteiger partial charge is 0.477 e. The summed E-state index contributed by atoms with van der Waals surface area (Å²) in [6, 6.07) is -2.61. The SMILES string of the molecule is CCCCCCCCCCC/C=C/C(O)C(COC1OC(CO)C(OC2OC(CO)C(O)C(OC3(C(=O)O)CC(O)C(NC(C)=O)C(C(O)C(O)CO)O3)C2O)C(O)C1O)NC(=O)CCCCCCCCCCCCCCCCCCCCCCCCCCCCCCCCC. The standard InChI is InChI=1S/C73H136N2O21/c1-4-6-8-10-12-14-16-17-18-19-20-21-22-23-24-25-26-27-28-29-30-31-32-33-34-35-37-39-41-43-45-47-60(83)75-54(55(80)46-44-42-40-38-36-15-13-11-9-7-5-2)52-91-70-65(87)64(86)67(59(51-78)93-70)94-71-66(88)69(63(85)58(50-77)92-71)96-73(72(89)90)48-56(81)61(74-53(3)79)68(95-73)62(84)57(82)49-76/h44,46,54-59,61-71,76-78,80-82,84-88H,4-43,45,47-52H2,1-3H3,(H,74,79)(H,75,83)(H,89,90)/b46-44+. The maximum absolute atomic E-state index is 13.5. The maximum Gasteiger partial charge on any atom is 0.364 e. The second-order valence-corrected chi connectivity index (χ2v) is 27.9. The monoisotopic (exact) mass is 1380 g/mol. The van der Waals surface area contributed by atoms with Crippen molar-refractivity contribution in [1.82, 2.24) is 10.6 Å². The molecule has 3 aliphatic heterocycles. The van der Waals surface area contributed by atoms with Crippen molar-refractivity contribution < 1.29 is 104 Å². The molecule has 3 fully saturated rings. The number of hydrogen-bond donors (Lipinski definition) is 14. The van der Waals surface area contributed by atoms with Crippen LogP contribution in [0.4, 0.5) is 0 Å². The number of carbonyl (C=O) groups is 3. The van der Waals surface area contributed by atoms with Gasteiger partial charge in [0, 0.05) is 19.8 Å². The first kappa shape index (κ1) is 87.7. The highest BCUT2D eigenvalue weighted by molar-refractivity contribution is 5.77. The van der Waals surface area contributed by atoms with Crippen molar-refractivity contribution in [3.05, 3.63) is 12.2 Å². The first-order chi connectivity index (χ1) is 46.4. The highest BCUT2D eigenvalue weighted by Crippen LogP contribution is 2.39. The summed E-state index contributed by atoms with van der Waals surface area (Å²) in [5.74, 6) is -6.13. The van der Waals surface area contributed by atoms with E-state index in [0.717, 1.165) is 51.9 Å². The van der Waals surface area contributed by atoms with Gasteiger partial charge in [-0.25, -0.2) is 4.79 Å². The van der Waals surface area contributed by atoms with Crippen LogP contribution < -0.4 is 10.6 Å². The summed E-state index contributed by atoms with van der Waals surface area (Å²) in [6.45, 7) is 2.14. The first-order valence-corrected chi connectivity index (χ1v) is 38.1. The summed E-state index contributed by atoms with van der Waals surface area (Å²) in [4.78, 5) is 38.5. The number of unbranched alkanes of at least 4 members (excludes halogenated alkanes) is 39. The minimum Gasteiger partial charge on any atom is -0.477 e. The quantitative estimate of drug-likeness (QED) is 0.0200. The normalized spacial score (nSPS) is 27.6. The number of amides is 2. The van der Waals surface area contributed by atoms with Crippen molar-refractivity contribution in [1.29, 1.82) is 0 Å². The van der Waals surface area contributed by atoms with Crippen LogP contribution in [0.5, 0.6) is 0 Å². The Hall–Kier alpha value is -2.53. The highest BCUT2D eigenvalue weighted by Gasteiger charge is 2.60. The van der Waals surface area contributed by atoms with Crippen LogP contribution in [-0.4, -0.2) is 215 Å². The van der Waals surface area contributed by atoms with E-state index in [1.165, 1.54) is 205 Å². The molecule has 2 amide bonds. The lowest BCUT2D eigenvalue weighted by molar-refractivity contribution is -0.386. The van der Waals surface area contributed by atoms with E-state index in [-0.39, 0.29) is 12.3 Å². The molecule has 0 aromatic rings. The van der Waals surface area contributed by atoms with E-state index in [1.807, 2.05) is 6.08 Å². The Kier molecular flexibility index (Phi) is 48.7. The molecule has 3 rings (SSSR count). The fourth-order valence-corrected chi connectivity index (χ4v) is 13.4. The molecule has 564 valence electrons.